The van der Waals surface area contributed by atoms with E-state index in [1.54, 1.807) is 38.5 Å². The number of hydrogen-bond acceptors (Lipinski definition) is 5. The summed E-state index contributed by atoms with van der Waals surface area (Å²) in [6, 6.07) is 12.6. The Labute approximate surface area is 166 Å². The first-order valence-electron chi connectivity index (χ1n) is 9.11. The van der Waals surface area contributed by atoms with Crippen molar-refractivity contribution in [3.63, 3.8) is 0 Å². The first-order valence-corrected chi connectivity index (χ1v) is 11.0. The maximum atomic E-state index is 12.4. The Morgan fingerprint density at radius 3 is 2.25 bits per heavy atom. The lowest BCUT2D eigenvalue weighted by Crippen LogP contribution is -2.33. The van der Waals surface area contributed by atoms with E-state index in [0.717, 1.165) is 24.0 Å². The van der Waals surface area contributed by atoms with Gasteiger partial charge in [0.05, 0.1) is 19.1 Å². The van der Waals surface area contributed by atoms with Gasteiger partial charge in [-0.2, -0.15) is 0 Å². The van der Waals surface area contributed by atoms with E-state index < -0.39 is 9.84 Å². The van der Waals surface area contributed by atoms with Gasteiger partial charge in [0.25, 0.3) is 0 Å². The lowest BCUT2D eigenvalue weighted by Gasteiger charge is -2.25. The summed E-state index contributed by atoms with van der Waals surface area (Å²) in [6.07, 6.45) is 3.24. The fraction of sp³-hybridized carbons (Fsp3) is 0.381. The van der Waals surface area contributed by atoms with Gasteiger partial charge in [-0.05, 0) is 48.2 Å². The van der Waals surface area contributed by atoms with Crippen LogP contribution in [-0.2, 0) is 27.6 Å². The minimum Gasteiger partial charge on any atom is -0.493 e. The van der Waals surface area contributed by atoms with E-state index >= 15 is 0 Å². The van der Waals surface area contributed by atoms with Gasteiger partial charge in [0.2, 0.25) is 5.91 Å². The molecule has 28 heavy (non-hydrogen) atoms. The molecule has 1 aliphatic heterocycles. The average Bonchev–Trinajstić information content (AvgIpc) is 3.01. The number of amides is 1. The molecule has 150 valence electrons. The van der Waals surface area contributed by atoms with Crippen molar-refractivity contribution in [1.82, 2.24) is 4.90 Å². The lowest BCUT2D eigenvalue weighted by atomic mass is 10.0. The number of sulfone groups is 1. The Morgan fingerprint density at radius 1 is 1.00 bits per heavy atom. The van der Waals surface area contributed by atoms with Crippen LogP contribution in [0.4, 0.5) is 0 Å². The monoisotopic (exact) mass is 403 g/mol. The first kappa shape index (κ1) is 20.2. The van der Waals surface area contributed by atoms with Gasteiger partial charge in [-0.3, -0.25) is 4.79 Å². The molecule has 0 aliphatic carbocycles. The molecule has 1 aliphatic rings. The van der Waals surface area contributed by atoms with E-state index in [2.05, 4.69) is 0 Å². The number of benzene rings is 2. The van der Waals surface area contributed by atoms with Crippen molar-refractivity contribution in [3.8, 4) is 11.5 Å². The molecule has 2 aromatic carbocycles. The number of carbonyl (C=O) groups excluding carboxylic acids is 1. The molecule has 3 rings (SSSR count). The summed E-state index contributed by atoms with van der Waals surface area (Å²) in [5.74, 6) is 1.47. The maximum absolute atomic E-state index is 12.4. The van der Waals surface area contributed by atoms with Crippen LogP contribution < -0.4 is 9.47 Å². The number of likely N-dealkylation sites (tertiary alicyclic amines) is 1. The van der Waals surface area contributed by atoms with Crippen LogP contribution in [0.1, 0.15) is 24.0 Å². The summed E-state index contributed by atoms with van der Waals surface area (Å²) in [4.78, 5) is 14.6. The summed E-state index contributed by atoms with van der Waals surface area (Å²) in [5, 5.41) is 0. The summed E-state index contributed by atoms with van der Waals surface area (Å²) in [6.45, 7) is 0.473. The molecule has 6 nitrogen and oxygen atoms in total. The second-order valence-corrected chi connectivity index (χ2v) is 9.04. The molecular formula is C21H25NO5S. The van der Waals surface area contributed by atoms with Crippen molar-refractivity contribution < 1.29 is 22.7 Å². The van der Waals surface area contributed by atoms with Gasteiger partial charge >= 0.3 is 0 Å². The largest absolute Gasteiger partial charge is 0.493 e. The predicted octanol–water partition coefficient (Wildman–Crippen LogP) is 2.84. The molecule has 0 unspecified atom stereocenters. The molecule has 0 N–H and O–H groups in total. The average molecular weight is 404 g/mol. The summed E-state index contributed by atoms with van der Waals surface area (Å²) >= 11 is 0. The SMILES string of the molecule is COc1ccc(C[C@@H]2CCC(=O)N2Cc2ccc(S(C)(=O)=O)cc2)cc1OC. The highest BCUT2D eigenvalue weighted by Gasteiger charge is 2.31. The van der Waals surface area contributed by atoms with Crippen LogP contribution in [0.2, 0.25) is 0 Å². The zero-order valence-electron chi connectivity index (χ0n) is 16.3. The van der Waals surface area contributed by atoms with Crippen LogP contribution in [0.15, 0.2) is 47.4 Å². The summed E-state index contributed by atoms with van der Waals surface area (Å²) in [7, 11) is -0.0186. The molecule has 0 radical (unpaired) electrons. The van der Waals surface area contributed by atoms with E-state index in [4.69, 9.17) is 9.47 Å². The Kier molecular flexibility index (Phi) is 5.93. The molecule has 2 aromatic rings. The standard InChI is InChI=1S/C21H25NO5S/c1-26-19-10-6-16(13-20(19)27-2)12-17-7-11-21(23)22(17)14-15-4-8-18(9-5-15)28(3,24)25/h4-6,8-10,13,17H,7,11-12,14H2,1-3H3/t17-/m0/s1. The van der Waals surface area contributed by atoms with E-state index in [1.165, 1.54) is 6.26 Å². The van der Waals surface area contributed by atoms with Crippen LogP contribution in [0.5, 0.6) is 11.5 Å². The number of nitrogens with zero attached hydrogens (tertiary/aromatic N) is 1. The van der Waals surface area contributed by atoms with E-state index in [9.17, 15) is 13.2 Å². The predicted molar refractivity (Wildman–Crippen MR) is 106 cm³/mol. The zero-order chi connectivity index (χ0) is 20.3. The maximum Gasteiger partial charge on any atom is 0.223 e. The van der Waals surface area contributed by atoms with Crippen molar-refractivity contribution in [3.05, 3.63) is 53.6 Å². The third-order valence-corrected chi connectivity index (χ3v) is 6.20. The molecule has 1 heterocycles. The molecule has 0 saturated carbocycles. The molecule has 1 fully saturated rings. The molecular weight excluding hydrogens is 378 g/mol. The molecule has 1 saturated heterocycles. The Bertz CT molecular complexity index is 953. The highest BCUT2D eigenvalue weighted by Crippen LogP contribution is 2.30. The van der Waals surface area contributed by atoms with E-state index in [1.807, 2.05) is 23.1 Å². The molecule has 1 amide bonds. The third-order valence-electron chi connectivity index (χ3n) is 5.08. The lowest BCUT2D eigenvalue weighted by molar-refractivity contribution is -0.129. The van der Waals surface area contributed by atoms with E-state index in [-0.39, 0.29) is 16.8 Å². The van der Waals surface area contributed by atoms with Gasteiger partial charge in [0, 0.05) is 25.3 Å². The highest BCUT2D eigenvalue weighted by molar-refractivity contribution is 7.90. The van der Waals surface area contributed by atoms with Crippen molar-refractivity contribution in [2.24, 2.45) is 0 Å². The third kappa shape index (κ3) is 4.47. The fourth-order valence-corrected chi connectivity index (χ4v) is 4.17. The molecule has 0 aromatic heterocycles. The number of methoxy groups -OCH3 is 2. The van der Waals surface area contributed by atoms with Crippen molar-refractivity contribution >= 4 is 15.7 Å². The molecule has 0 spiro atoms. The number of ether oxygens (including phenoxy) is 2. The number of rotatable bonds is 7. The van der Waals surface area contributed by atoms with Gasteiger partial charge in [-0.1, -0.05) is 18.2 Å². The van der Waals surface area contributed by atoms with Crippen molar-refractivity contribution in [2.75, 3.05) is 20.5 Å². The zero-order valence-corrected chi connectivity index (χ0v) is 17.2. The molecule has 7 heteroatoms. The quantitative estimate of drug-likeness (QED) is 0.711. The summed E-state index contributed by atoms with van der Waals surface area (Å²) in [5.41, 5.74) is 2.00. The van der Waals surface area contributed by atoms with Crippen molar-refractivity contribution in [2.45, 2.75) is 36.7 Å². The number of carbonyl (C=O) groups is 1. The van der Waals surface area contributed by atoms with Crippen molar-refractivity contribution in [1.29, 1.82) is 0 Å². The summed E-state index contributed by atoms with van der Waals surface area (Å²) < 4.78 is 33.9. The van der Waals surface area contributed by atoms with Crippen LogP contribution >= 0.6 is 0 Å². The fourth-order valence-electron chi connectivity index (χ4n) is 3.54. The molecule has 0 bridgehead atoms. The minimum atomic E-state index is -3.22. The second-order valence-electron chi connectivity index (χ2n) is 7.02. The molecule has 1 atom stereocenters. The Hall–Kier alpha value is -2.54. The topological polar surface area (TPSA) is 72.9 Å². The van der Waals surface area contributed by atoms with Gasteiger partial charge in [-0.15, -0.1) is 0 Å². The van der Waals surface area contributed by atoms with Gasteiger partial charge in [-0.25, -0.2) is 8.42 Å². The number of hydrogen-bond donors (Lipinski definition) is 0. The van der Waals surface area contributed by atoms with E-state index in [0.29, 0.717) is 24.5 Å². The van der Waals surface area contributed by atoms with Crippen LogP contribution in [0, 0.1) is 0 Å². The van der Waals surface area contributed by atoms with Crippen LogP contribution in [0.3, 0.4) is 0 Å². The van der Waals surface area contributed by atoms with Crippen LogP contribution in [-0.4, -0.2) is 45.7 Å². The van der Waals surface area contributed by atoms with Gasteiger partial charge < -0.3 is 14.4 Å². The highest BCUT2D eigenvalue weighted by atomic mass is 32.2. The second kappa shape index (κ2) is 8.22. The normalized spacial score (nSPS) is 17.0. The Balaban J connectivity index is 1.75. The van der Waals surface area contributed by atoms with Gasteiger partial charge in [0.15, 0.2) is 21.3 Å². The van der Waals surface area contributed by atoms with Gasteiger partial charge in [0.1, 0.15) is 0 Å². The first-order chi connectivity index (χ1) is 13.3. The Morgan fingerprint density at radius 2 is 1.64 bits per heavy atom. The smallest absolute Gasteiger partial charge is 0.223 e. The minimum absolute atomic E-state index is 0.0974. The van der Waals surface area contributed by atoms with Crippen LogP contribution in [0.25, 0.3) is 0 Å².